The van der Waals surface area contributed by atoms with Crippen molar-refractivity contribution in [1.82, 2.24) is 0 Å². The number of esters is 1. The number of benzene rings is 4. The fourth-order valence-corrected chi connectivity index (χ4v) is 6.07. The number of ether oxygens (including phenoxy) is 2. The fraction of sp³-hybridized carbons (Fsp3) is 0.333. The number of nitrogens with zero attached hydrogens (tertiary/aromatic N) is 1. The molecule has 0 radical (unpaired) electrons. The molecule has 0 aromatic heterocycles. The maximum Gasteiger partial charge on any atom is 0.416 e. The smallest absolute Gasteiger partial charge is 0.416 e. The second-order valence-corrected chi connectivity index (χ2v) is 13.7. The van der Waals surface area contributed by atoms with E-state index in [9.17, 15) is 44.3 Å². The molecule has 14 heteroatoms. The van der Waals surface area contributed by atoms with E-state index in [-0.39, 0.29) is 23.8 Å². The Hall–Kier alpha value is -5.01. The van der Waals surface area contributed by atoms with E-state index in [1.54, 1.807) is 64.1 Å². The van der Waals surface area contributed by atoms with Crippen LogP contribution in [0, 0.1) is 12.8 Å². The van der Waals surface area contributed by atoms with Crippen molar-refractivity contribution >= 4 is 11.7 Å². The van der Waals surface area contributed by atoms with E-state index < -0.39 is 64.4 Å². The Kier molecular flexibility index (Phi) is 10.4. The summed E-state index contributed by atoms with van der Waals surface area (Å²) in [5, 5.41) is 3.95. The zero-order valence-electron chi connectivity index (χ0n) is 29.3. The summed E-state index contributed by atoms with van der Waals surface area (Å²) in [6.45, 7) is 8.48. The van der Waals surface area contributed by atoms with Gasteiger partial charge in [-0.15, -0.1) is 0 Å². The Morgan fingerprint density at radius 1 is 0.736 bits per heavy atom. The van der Waals surface area contributed by atoms with Crippen molar-refractivity contribution in [2.24, 2.45) is 11.1 Å². The van der Waals surface area contributed by atoms with Crippen molar-refractivity contribution in [2.75, 3.05) is 7.11 Å². The summed E-state index contributed by atoms with van der Waals surface area (Å²) in [5.41, 5.74) is -1.94. The van der Waals surface area contributed by atoms with E-state index in [0.29, 0.717) is 51.3 Å². The van der Waals surface area contributed by atoms with Gasteiger partial charge in [-0.25, -0.2) is 4.79 Å². The molecule has 0 aliphatic carbocycles. The highest BCUT2D eigenvalue weighted by molar-refractivity contribution is 5.93. The summed E-state index contributed by atoms with van der Waals surface area (Å²) >= 11 is 0. The zero-order valence-corrected chi connectivity index (χ0v) is 29.3. The first-order chi connectivity index (χ1) is 24.5. The zero-order chi connectivity index (χ0) is 39.3. The van der Waals surface area contributed by atoms with Crippen molar-refractivity contribution in [2.45, 2.75) is 71.3 Å². The average molecular weight is 752 g/mol. The molecule has 53 heavy (non-hydrogen) atoms. The van der Waals surface area contributed by atoms with Crippen LogP contribution in [0.2, 0.25) is 0 Å². The highest BCUT2D eigenvalue weighted by Gasteiger charge is 2.40. The molecule has 2 unspecified atom stereocenters. The van der Waals surface area contributed by atoms with Crippen molar-refractivity contribution in [3.63, 3.8) is 0 Å². The standard InChI is InChI=1S/C39H34F9NO4/c1-20-13-23(35(50)52-36(3,4)5)7-10-29(20)22-8-12-33(51-6)31(17-22)30-11-9-26(37(40,41)42)14-24(30)18-32-21(2)34(53-49-32)25-15-27(38(43,44)45)19-28(16-25)39(46,47)48/h7-17,19,21,34H,18H2,1-6H3. The van der Waals surface area contributed by atoms with Gasteiger partial charge in [0.2, 0.25) is 0 Å². The second-order valence-electron chi connectivity index (χ2n) is 13.7. The summed E-state index contributed by atoms with van der Waals surface area (Å²) < 4.78 is 135. The number of hydrogen-bond acceptors (Lipinski definition) is 5. The van der Waals surface area contributed by atoms with Gasteiger partial charge in [0.1, 0.15) is 11.4 Å². The van der Waals surface area contributed by atoms with E-state index >= 15 is 0 Å². The number of carbonyl (C=O) groups excluding carboxylic acids is 1. The number of rotatable bonds is 7. The Balaban J connectivity index is 1.54. The summed E-state index contributed by atoms with van der Waals surface area (Å²) in [5.74, 6) is -1.14. The molecule has 0 fully saturated rings. The summed E-state index contributed by atoms with van der Waals surface area (Å²) in [6.07, 6.45) is -16.6. The topological polar surface area (TPSA) is 57.1 Å². The van der Waals surface area contributed by atoms with Gasteiger partial charge in [0.05, 0.1) is 35.1 Å². The molecule has 4 aromatic rings. The van der Waals surface area contributed by atoms with E-state index in [4.69, 9.17) is 14.3 Å². The van der Waals surface area contributed by atoms with Crippen LogP contribution in [0.1, 0.15) is 77.5 Å². The molecular formula is C39H34F9NO4. The van der Waals surface area contributed by atoms with Crippen LogP contribution in [0.15, 0.2) is 78.0 Å². The van der Waals surface area contributed by atoms with E-state index in [1.807, 2.05) is 0 Å². The number of methoxy groups -OCH3 is 1. The van der Waals surface area contributed by atoms with E-state index in [0.717, 1.165) is 12.1 Å². The quantitative estimate of drug-likeness (QED) is 0.139. The lowest BCUT2D eigenvalue weighted by molar-refractivity contribution is -0.143. The highest BCUT2D eigenvalue weighted by atomic mass is 19.4. The number of hydrogen-bond donors (Lipinski definition) is 0. The molecule has 282 valence electrons. The molecule has 0 saturated carbocycles. The fourth-order valence-electron chi connectivity index (χ4n) is 6.07. The van der Waals surface area contributed by atoms with Gasteiger partial charge in [-0.3, -0.25) is 0 Å². The van der Waals surface area contributed by atoms with Gasteiger partial charge < -0.3 is 14.3 Å². The highest BCUT2D eigenvalue weighted by Crippen LogP contribution is 2.44. The SMILES string of the molecule is COc1ccc(-c2ccc(C(=O)OC(C)(C)C)cc2C)cc1-c1ccc(C(F)(F)F)cc1CC1=NOC(c2cc(C(F)(F)F)cc(C(F)(F)F)c2)C1C. The van der Waals surface area contributed by atoms with Gasteiger partial charge in [-0.1, -0.05) is 30.3 Å². The van der Waals surface area contributed by atoms with Crippen LogP contribution < -0.4 is 4.74 Å². The minimum atomic E-state index is -5.10. The first kappa shape index (κ1) is 39.2. The molecule has 0 spiro atoms. The van der Waals surface area contributed by atoms with Crippen molar-refractivity contribution in [1.29, 1.82) is 0 Å². The summed E-state index contributed by atoms with van der Waals surface area (Å²) in [4.78, 5) is 18.0. The van der Waals surface area contributed by atoms with Crippen molar-refractivity contribution < 1.29 is 58.6 Å². The number of halogens is 9. The van der Waals surface area contributed by atoms with Crippen LogP contribution in [0.4, 0.5) is 39.5 Å². The normalized spacial score (nSPS) is 16.6. The third-order valence-corrected chi connectivity index (χ3v) is 8.67. The molecule has 5 rings (SSSR count). The lowest BCUT2D eigenvalue weighted by Crippen LogP contribution is -2.23. The van der Waals surface area contributed by atoms with Crippen molar-refractivity contribution in [3.05, 3.63) is 112 Å². The number of oxime groups is 1. The van der Waals surface area contributed by atoms with Crippen LogP contribution in [0.5, 0.6) is 5.75 Å². The largest absolute Gasteiger partial charge is 0.496 e. The van der Waals surface area contributed by atoms with E-state index in [2.05, 4.69) is 5.16 Å². The molecular weight excluding hydrogens is 717 g/mol. The molecule has 1 aliphatic rings. The van der Waals surface area contributed by atoms with Crippen LogP contribution in [0.3, 0.4) is 0 Å². The number of alkyl halides is 9. The lowest BCUT2D eigenvalue weighted by Gasteiger charge is -2.21. The summed E-state index contributed by atoms with van der Waals surface area (Å²) in [7, 11) is 1.38. The van der Waals surface area contributed by atoms with Crippen LogP contribution in [-0.4, -0.2) is 24.4 Å². The van der Waals surface area contributed by atoms with Gasteiger partial charge >= 0.3 is 24.5 Å². The predicted octanol–water partition coefficient (Wildman–Crippen LogP) is 11.7. The van der Waals surface area contributed by atoms with Gasteiger partial charge in [0.25, 0.3) is 0 Å². The second kappa shape index (κ2) is 14.1. The Bertz CT molecular complexity index is 2030. The van der Waals surface area contributed by atoms with Crippen LogP contribution in [-0.2, 0) is 34.5 Å². The lowest BCUT2D eigenvalue weighted by atomic mass is 9.86. The first-order valence-electron chi connectivity index (χ1n) is 16.2. The van der Waals surface area contributed by atoms with Crippen LogP contribution >= 0.6 is 0 Å². The molecule has 1 aliphatic heterocycles. The minimum absolute atomic E-state index is 0.00180. The predicted molar refractivity (Wildman–Crippen MR) is 179 cm³/mol. The number of aryl methyl sites for hydroxylation is 1. The molecule has 4 aromatic carbocycles. The monoisotopic (exact) mass is 751 g/mol. The molecule has 0 saturated heterocycles. The maximum atomic E-state index is 14.0. The average Bonchev–Trinajstić information content (AvgIpc) is 3.41. The van der Waals surface area contributed by atoms with Gasteiger partial charge in [0.15, 0.2) is 6.10 Å². The Morgan fingerprint density at radius 3 is 1.89 bits per heavy atom. The molecule has 0 N–H and O–H groups in total. The van der Waals surface area contributed by atoms with Gasteiger partial charge in [-0.05, 0) is 116 Å². The first-order valence-corrected chi connectivity index (χ1v) is 16.2. The summed E-state index contributed by atoms with van der Waals surface area (Å²) in [6, 6.07) is 14.2. The minimum Gasteiger partial charge on any atom is -0.496 e. The molecule has 0 amide bonds. The molecule has 0 bridgehead atoms. The van der Waals surface area contributed by atoms with E-state index in [1.165, 1.54) is 20.1 Å². The van der Waals surface area contributed by atoms with Gasteiger partial charge in [-0.2, -0.15) is 39.5 Å². The molecule has 2 atom stereocenters. The third kappa shape index (κ3) is 8.80. The molecule has 1 heterocycles. The van der Waals surface area contributed by atoms with Crippen LogP contribution in [0.25, 0.3) is 22.3 Å². The van der Waals surface area contributed by atoms with Crippen molar-refractivity contribution in [3.8, 4) is 28.0 Å². The third-order valence-electron chi connectivity index (χ3n) is 8.67. The number of carbonyl (C=O) groups is 1. The Morgan fingerprint density at radius 2 is 1.34 bits per heavy atom. The van der Waals surface area contributed by atoms with Gasteiger partial charge in [0, 0.05) is 17.9 Å². The Labute approximate surface area is 299 Å². The maximum absolute atomic E-state index is 14.0. The molecule has 5 nitrogen and oxygen atoms in total.